The van der Waals surface area contributed by atoms with Crippen molar-refractivity contribution in [1.29, 1.82) is 0 Å². The molecule has 0 bridgehead atoms. The quantitative estimate of drug-likeness (QED) is 0.314. The van der Waals surface area contributed by atoms with Crippen LogP contribution in [-0.4, -0.2) is 66.1 Å². The average Bonchev–Trinajstić information content (AvgIpc) is 3.26. The van der Waals surface area contributed by atoms with E-state index in [1.807, 2.05) is 0 Å². The van der Waals surface area contributed by atoms with Crippen molar-refractivity contribution in [2.45, 2.75) is 128 Å². The van der Waals surface area contributed by atoms with Gasteiger partial charge in [-0.25, -0.2) is 13.2 Å². The Labute approximate surface area is 286 Å². The molecule has 2 aromatic rings. The van der Waals surface area contributed by atoms with E-state index < -0.39 is 24.1 Å². The molecule has 2 N–H and O–H groups in total. The fourth-order valence-corrected chi connectivity index (χ4v) is 7.38. The fraction of sp³-hybridized carbons (Fsp3) is 0.588. The first-order valence-corrected chi connectivity index (χ1v) is 16.4. The molecule has 0 aromatic heterocycles. The fourth-order valence-electron chi connectivity index (χ4n) is 5.76. The molecule has 2 unspecified atom stereocenters. The smallest absolute Gasteiger partial charge is 0.436 e. The van der Waals surface area contributed by atoms with Crippen LogP contribution in [0.25, 0.3) is 0 Å². The van der Waals surface area contributed by atoms with Crippen LogP contribution in [0, 0.1) is 13.8 Å². The molecule has 1 heterocycles. The van der Waals surface area contributed by atoms with E-state index in [9.17, 15) is 54.8 Å². The Bertz CT molecular complexity index is 1470. The number of fused-ring (bicyclic) bond motifs is 1. The minimum Gasteiger partial charge on any atom is -0.795 e. The van der Waals surface area contributed by atoms with Crippen LogP contribution >= 0.6 is 0 Å². The third-order valence-corrected chi connectivity index (χ3v) is 9.77. The van der Waals surface area contributed by atoms with Crippen LogP contribution in [0.4, 0.5) is 39.5 Å². The summed E-state index contributed by atoms with van der Waals surface area (Å²) in [7, 11) is 0. The molecule has 2 fully saturated rings. The van der Waals surface area contributed by atoms with Crippen LogP contribution in [0.3, 0.4) is 0 Å². The molecule has 277 valence electrons. The van der Waals surface area contributed by atoms with E-state index in [2.05, 4.69) is 99.3 Å². The first kappa shape index (κ1) is 40.6. The summed E-state index contributed by atoms with van der Waals surface area (Å²) in [6.45, 7) is 17.1. The van der Waals surface area contributed by atoms with Gasteiger partial charge in [-0.3, -0.25) is 0 Å². The van der Waals surface area contributed by atoms with E-state index in [0.29, 0.717) is 23.6 Å². The Morgan fingerprint density at radius 2 is 0.980 bits per heavy atom. The van der Waals surface area contributed by atoms with Gasteiger partial charge in [0.25, 0.3) is 0 Å². The number of rotatable bonds is 3. The van der Waals surface area contributed by atoms with Gasteiger partial charge in [0.15, 0.2) is 0 Å². The van der Waals surface area contributed by atoms with E-state index in [4.69, 9.17) is 0 Å². The molecule has 1 saturated carbocycles. The summed E-state index contributed by atoms with van der Waals surface area (Å²) in [4.78, 5) is 0. The number of halogens is 9. The summed E-state index contributed by atoms with van der Waals surface area (Å²) < 4.78 is 107. The first-order chi connectivity index (χ1) is 22.0. The number of phenols is 2. The van der Waals surface area contributed by atoms with E-state index in [1.54, 1.807) is 0 Å². The Kier molecular flexibility index (Phi) is 11.4. The zero-order chi connectivity index (χ0) is 37.7. The number of phenolic OH excluding ortho intramolecular Hbond substituents is 2. The number of hydrogen-bond acceptors (Lipinski definition) is 3. The van der Waals surface area contributed by atoms with E-state index >= 15 is 0 Å². The van der Waals surface area contributed by atoms with Crippen molar-refractivity contribution in [3.8, 4) is 11.5 Å². The number of benzene rings is 2. The van der Waals surface area contributed by atoms with Crippen LogP contribution in [0.15, 0.2) is 24.3 Å². The predicted molar refractivity (Wildman–Crippen MR) is 161 cm³/mol. The van der Waals surface area contributed by atoms with Crippen molar-refractivity contribution >= 4 is 12.4 Å². The second kappa shape index (κ2) is 13.7. The summed E-state index contributed by atoms with van der Waals surface area (Å²) in [5.41, 5.74) is -1.24. The van der Waals surface area contributed by atoms with Gasteiger partial charge in [0, 0.05) is 0 Å². The molecule has 1 aliphatic heterocycles. The predicted octanol–water partition coefficient (Wildman–Crippen LogP) is 7.88. The van der Waals surface area contributed by atoms with Crippen molar-refractivity contribution in [3.05, 3.63) is 57.6 Å². The number of alkyl halides is 9. The molecular formula is C34H42CoF9N2O3+. The van der Waals surface area contributed by atoms with E-state index in [-0.39, 0.29) is 10.8 Å². The Balaban J connectivity index is 0.000000393. The molecule has 1 saturated heterocycles. The van der Waals surface area contributed by atoms with Gasteiger partial charge in [0.2, 0.25) is 6.11 Å². The third-order valence-electron chi connectivity index (χ3n) is 8.33. The zero-order valence-electron chi connectivity index (χ0n) is 28.4. The van der Waals surface area contributed by atoms with Gasteiger partial charge in [0.1, 0.15) is 0 Å². The minimum absolute atomic E-state index is 0.123. The van der Waals surface area contributed by atoms with Crippen LogP contribution in [-0.2, 0) is 26.0 Å². The molecular weight excluding hydrogens is 714 g/mol. The largest absolute Gasteiger partial charge is 0.795 e. The molecule has 4 rings (SSSR count). The summed E-state index contributed by atoms with van der Waals surface area (Å²) in [5.74, 6) is 0.775. The normalized spacial score (nSPS) is 21.3. The van der Waals surface area contributed by atoms with Crippen molar-refractivity contribution in [3.63, 3.8) is 0 Å². The molecule has 0 radical (unpaired) electrons. The van der Waals surface area contributed by atoms with Crippen LogP contribution in [0.5, 0.6) is 11.5 Å². The number of hydrogen-bond donors (Lipinski definition) is 2. The maximum absolute atomic E-state index is 12.0. The van der Waals surface area contributed by atoms with Crippen LogP contribution < -0.4 is 5.11 Å². The molecule has 0 spiro atoms. The molecule has 15 heteroatoms. The van der Waals surface area contributed by atoms with Crippen LogP contribution in [0.1, 0.15) is 101 Å². The SMILES string of the molecule is Cc1cc(C=[N+]2[Co][N+](=Cc3cc(C)cc(C(C)(C)C)c3O)C3CCCCC32)c(O)c(C(C)(C)C)c1.[O-]C(F)(F)C(F)(C(F)(F)F)C(F)(F)F. The Morgan fingerprint density at radius 1 is 0.653 bits per heavy atom. The standard InChI is InChI=1S/C30H42N2O2.C4F9O.Co/c1-19-13-21(27(33)23(15-19)29(3,4)5)17-31-25-11-9-10-12-26(25)32-18-22-14-20(2)16-24(28(22)34)30(6,7)8;5-1(2(6,7)8,3(9,10)11)4(12,13)14;/h13-18,25-26,33-34H,9-12H2,1-8H3;;/q;-1;+2. The molecule has 1 aliphatic carbocycles. The van der Waals surface area contributed by atoms with Crippen molar-refractivity contribution in [1.82, 2.24) is 0 Å². The topological polar surface area (TPSA) is 69.5 Å². The van der Waals surface area contributed by atoms with Gasteiger partial charge >= 0.3 is 236 Å². The second-order valence-corrected chi connectivity index (χ2v) is 15.8. The van der Waals surface area contributed by atoms with Gasteiger partial charge in [0.05, 0.1) is 0 Å². The molecule has 49 heavy (non-hydrogen) atoms. The van der Waals surface area contributed by atoms with Gasteiger partial charge in [-0.05, 0) is 0 Å². The summed E-state index contributed by atoms with van der Waals surface area (Å²) in [6, 6.07) is 9.17. The zero-order valence-corrected chi connectivity index (χ0v) is 29.4. The molecule has 5 nitrogen and oxygen atoms in total. The number of aryl methyl sites for hydroxylation is 2. The first-order valence-electron chi connectivity index (χ1n) is 15.5. The number of nitrogens with zero attached hydrogens (tertiary/aromatic N) is 2. The Morgan fingerprint density at radius 3 is 1.22 bits per heavy atom. The van der Waals surface area contributed by atoms with Crippen molar-refractivity contribution in [2.75, 3.05) is 0 Å². The maximum Gasteiger partial charge on any atom is 0.436 e. The van der Waals surface area contributed by atoms with E-state index in [1.165, 1.54) is 12.8 Å². The van der Waals surface area contributed by atoms with E-state index in [0.717, 1.165) is 61.3 Å². The van der Waals surface area contributed by atoms with Crippen LogP contribution in [0.2, 0.25) is 0 Å². The summed E-state index contributed by atoms with van der Waals surface area (Å²) >= 11 is 1.11. The second-order valence-electron chi connectivity index (χ2n) is 14.6. The van der Waals surface area contributed by atoms with Gasteiger partial charge < -0.3 is 5.11 Å². The van der Waals surface area contributed by atoms with Crippen molar-refractivity contribution < 1.29 is 77.2 Å². The maximum atomic E-state index is 12.0. The summed E-state index contributed by atoms with van der Waals surface area (Å²) in [6.07, 6.45) is -11.9. The molecule has 2 aliphatic rings. The third kappa shape index (κ3) is 8.58. The average molecular weight is 757 g/mol. The minimum atomic E-state index is -7.08. The van der Waals surface area contributed by atoms with Crippen molar-refractivity contribution in [2.24, 2.45) is 0 Å². The van der Waals surface area contributed by atoms with Gasteiger partial charge in [-0.1, -0.05) is 0 Å². The van der Waals surface area contributed by atoms with Gasteiger partial charge in [-0.2, -0.15) is 26.3 Å². The molecule has 2 aromatic carbocycles. The molecule has 0 amide bonds. The Hall–Kier alpha value is -2.78. The monoisotopic (exact) mass is 756 g/mol. The molecule has 2 atom stereocenters. The number of aromatic hydroxyl groups is 2. The van der Waals surface area contributed by atoms with Gasteiger partial charge in [-0.15, -0.1) is 0 Å². The summed E-state index contributed by atoms with van der Waals surface area (Å²) in [5, 5.41) is 31.6.